The summed E-state index contributed by atoms with van der Waals surface area (Å²) in [7, 11) is 2.11. The van der Waals surface area contributed by atoms with Crippen LogP contribution in [-0.2, 0) is 10.2 Å². The third kappa shape index (κ3) is 2.92. The zero-order valence-electron chi connectivity index (χ0n) is 11.8. The summed E-state index contributed by atoms with van der Waals surface area (Å²) < 4.78 is 0. The zero-order chi connectivity index (χ0) is 14.0. The summed E-state index contributed by atoms with van der Waals surface area (Å²) in [5.41, 5.74) is -0.0813. The summed E-state index contributed by atoms with van der Waals surface area (Å²) >= 11 is 0. The van der Waals surface area contributed by atoms with Gasteiger partial charge in [-0.15, -0.1) is 0 Å². The van der Waals surface area contributed by atoms with Crippen molar-refractivity contribution in [2.75, 3.05) is 20.1 Å². The van der Waals surface area contributed by atoms with E-state index in [4.69, 9.17) is 0 Å². The average Bonchev–Trinajstić information content (AvgIpc) is 2.38. The van der Waals surface area contributed by atoms with Crippen LogP contribution in [-0.4, -0.2) is 46.1 Å². The average molecular weight is 263 g/mol. The van der Waals surface area contributed by atoms with Crippen LogP contribution in [0.25, 0.3) is 0 Å². The van der Waals surface area contributed by atoms with Gasteiger partial charge in [0.25, 0.3) is 0 Å². The summed E-state index contributed by atoms with van der Waals surface area (Å²) in [5, 5.41) is 9.25. The number of likely N-dealkylation sites (tertiary alicyclic amines) is 1. The molecule has 19 heavy (non-hydrogen) atoms. The van der Waals surface area contributed by atoms with Gasteiger partial charge in [-0.05, 0) is 46.3 Å². The molecule has 0 aromatic carbocycles. The number of piperidine rings is 1. The van der Waals surface area contributed by atoms with Crippen molar-refractivity contribution in [3.63, 3.8) is 0 Å². The van der Waals surface area contributed by atoms with Gasteiger partial charge in [0, 0.05) is 24.4 Å². The van der Waals surface area contributed by atoms with Crippen molar-refractivity contribution in [3.05, 3.63) is 23.8 Å². The molecule has 1 aromatic heterocycles. The minimum absolute atomic E-state index is 0.380. The third-order valence-electron chi connectivity index (χ3n) is 3.81. The van der Waals surface area contributed by atoms with E-state index in [0.29, 0.717) is 11.7 Å². The first kappa shape index (κ1) is 13.9. The van der Waals surface area contributed by atoms with Gasteiger partial charge in [-0.1, -0.05) is 0 Å². The molecule has 1 fully saturated rings. The van der Waals surface area contributed by atoms with E-state index in [0.717, 1.165) is 31.6 Å². The Morgan fingerprint density at radius 3 is 2.89 bits per heavy atom. The first-order valence-corrected chi connectivity index (χ1v) is 6.66. The molecule has 5 heteroatoms. The molecule has 1 atom stereocenters. The van der Waals surface area contributed by atoms with Crippen molar-refractivity contribution in [3.8, 4) is 0 Å². The van der Waals surface area contributed by atoms with Crippen molar-refractivity contribution >= 4 is 5.97 Å². The lowest BCUT2D eigenvalue weighted by atomic mass is 9.91. The number of hydrogen-bond donors (Lipinski definition) is 1. The molecule has 5 nitrogen and oxygen atoms in total. The van der Waals surface area contributed by atoms with Crippen molar-refractivity contribution in [2.45, 2.75) is 38.0 Å². The molecule has 2 heterocycles. The molecule has 104 valence electrons. The number of carboxylic acid groups (broad SMARTS) is 1. The fourth-order valence-electron chi connectivity index (χ4n) is 2.40. The first-order chi connectivity index (χ1) is 8.91. The summed E-state index contributed by atoms with van der Waals surface area (Å²) in [4.78, 5) is 22.2. The summed E-state index contributed by atoms with van der Waals surface area (Å²) in [6, 6.07) is 1.91. The molecule has 1 aliphatic heterocycles. The topological polar surface area (TPSA) is 66.3 Å². The lowest BCUT2D eigenvalue weighted by molar-refractivity contribution is -0.142. The molecule has 1 N–H and O–H groups in total. The molecule has 0 bridgehead atoms. The van der Waals surface area contributed by atoms with Crippen LogP contribution in [0.5, 0.6) is 0 Å². The molecule has 1 unspecified atom stereocenters. The van der Waals surface area contributed by atoms with E-state index in [9.17, 15) is 9.90 Å². The normalized spacial score (nSPS) is 21.3. The van der Waals surface area contributed by atoms with E-state index in [-0.39, 0.29) is 0 Å². The van der Waals surface area contributed by atoms with Crippen LogP contribution in [0.15, 0.2) is 12.3 Å². The van der Waals surface area contributed by atoms with Gasteiger partial charge < -0.3 is 10.0 Å². The number of likely N-dealkylation sites (N-methyl/N-ethyl adjacent to an activating group) is 1. The Bertz CT molecular complexity index is 474. The van der Waals surface area contributed by atoms with Gasteiger partial charge >= 0.3 is 5.97 Å². The number of aliphatic carboxylic acids is 1. The predicted octanol–water partition coefficient (Wildman–Crippen LogP) is 1.65. The molecule has 0 amide bonds. The highest BCUT2D eigenvalue weighted by atomic mass is 16.4. The van der Waals surface area contributed by atoms with Gasteiger partial charge in [-0.3, -0.25) is 4.79 Å². The standard InChI is InChI=1S/C14H21N3O2/c1-14(2,13(18)19)12-15-7-6-11(16-12)10-5-4-8-17(3)9-10/h6-7,10H,4-5,8-9H2,1-3H3,(H,18,19). The van der Waals surface area contributed by atoms with Crippen LogP contribution >= 0.6 is 0 Å². The SMILES string of the molecule is CN1CCCC(c2ccnc(C(C)(C)C(=O)O)n2)C1. The van der Waals surface area contributed by atoms with Crippen LogP contribution in [0.3, 0.4) is 0 Å². The second kappa shape index (κ2) is 5.25. The van der Waals surface area contributed by atoms with E-state index in [1.807, 2.05) is 6.07 Å². The Balaban J connectivity index is 2.26. The lowest BCUT2D eigenvalue weighted by Crippen LogP contribution is -2.33. The molecule has 0 saturated carbocycles. The highest BCUT2D eigenvalue weighted by Crippen LogP contribution is 2.26. The Labute approximate surface area is 113 Å². The maximum atomic E-state index is 11.3. The Hall–Kier alpha value is -1.49. The Kier molecular flexibility index (Phi) is 3.85. The summed E-state index contributed by atoms with van der Waals surface area (Å²) in [6.45, 7) is 5.38. The lowest BCUT2D eigenvalue weighted by Gasteiger charge is -2.29. The Morgan fingerprint density at radius 2 is 2.26 bits per heavy atom. The van der Waals surface area contributed by atoms with Gasteiger partial charge in [-0.25, -0.2) is 9.97 Å². The van der Waals surface area contributed by atoms with Crippen LogP contribution < -0.4 is 0 Å². The van der Waals surface area contributed by atoms with Crippen LogP contribution in [0.4, 0.5) is 0 Å². The molecule has 0 radical (unpaired) electrons. The van der Waals surface area contributed by atoms with Crippen LogP contribution in [0, 0.1) is 0 Å². The van der Waals surface area contributed by atoms with E-state index in [1.165, 1.54) is 0 Å². The summed E-state index contributed by atoms with van der Waals surface area (Å²) in [6.07, 6.45) is 3.94. The van der Waals surface area contributed by atoms with Crippen LogP contribution in [0.2, 0.25) is 0 Å². The minimum atomic E-state index is -1.05. The Morgan fingerprint density at radius 1 is 1.53 bits per heavy atom. The number of carboxylic acids is 1. The second-order valence-corrected chi connectivity index (χ2v) is 5.84. The molecule has 1 aromatic rings. The maximum absolute atomic E-state index is 11.3. The molecule has 1 saturated heterocycles. The zero-order valence-corrected chi connectivity index (χ0v) is 11.8. The van der Waals surface area contributed by atoms with E-state index in [1.54, 1.807) is 20.0 Å². The highest BCUT2D eigenvalue weighted by Gasteiger charge is 2.33. The molecule has 0 aliphatic carbocycles. The maximum Gasteiger partial charge on any atom is 0.316 e. The van der Waals surface area contributed by atoms with Gasteiger partial charge in [0.05, 0.1) is 0 Å². The number of rotatable bonds is 3. The van der Waals surface area contributed by atoms with Crippen molar-refractivity contribution < 1.29 is 9.90 Å². The van der Waals surface area contributed by atoms with Gasteiger partial charge in [0.15, 0.2) is 0 Å². The highest BCUT2D eigenvalue weighted by molar-refractivity contribution is 5.78. The number of aromatic nitrogens is 2. The summed E-state index contributed by atoms with van der Waals surface area (Å²) in [5.74, 6) is -0.124. The monoisotopic (exact) mass is 263 g/mol. The number of nitrogens with zero attached hydrogens (tertiary/aromatic N) is 3. The van der Waals surface area contributed by atoms with Crippen molar-refractivity contribution in [2.24, 2.45) is 0 Å². The fraction of sp³-hybridized carbons (Fsp3) is 0.643. The molecule has 2 rings (SSSR count). The quantitative estimate of drug-likeness (QED) is 0.898. The largest absolute Gasteiger partial charge is 0.481 e. The van der Waals surface area contributed by atoms with Gasteiger partial charge in [0.2, 0.25) is 0 Å². The van der Waals surface area contributed by atoms with E-state index < -0.39 is 11.4 Å². The third-order valence-corrected chi connectivity index (χ3v) is 3.81. The molecular weight excluding hydrogens is 242 g/mol. The minimum Gasteiger partial charge on any atom is -0.481 e. The number of hydrogen-bond acceptors (Lipinski definition) is 4. The van der Waals surface area contributed by atoms with E-state index >= 15 is 0 Å². The molecule has 1 aliphatic rings. The predicted molar refractivity (Wildman–Crippen MR) is 72.2 cm³/mol. The van der Waals surface area contributed by atoms with Crippen molar-refractivity contribution in [1.29, 1.82) is 0 Å². The first-order valence-electron chi connectivity index (χ1n) is 6.66. The smallest absolute Gasteiger partial charge is 0.316 e. The fourth-order valence-corrected chi connectivity index (χ4v) is 2.40. The van der Waals surface area contributed by atoms with Gasteiger partial charge in [-0.2, -0.15) is 0 Å². The van der Waals surface area contributed by atoms with Crippen molar-refractivity contribution in [1.82, 2.24) is 14.9 Å². The second-order valence-electron chi connectivity index (χ2n) is 5.84. The van der Waals surface area contributed by atoms with E-state index in [2.05, 4.69) is 21.9 Å². The van der Waals surface area contributed by atoms with Crippen LogP contribution in [0.1, 0.15) is 44.1 Å². The van der Waals surface area contributed by atoms with Gasteiger partial charge in [0.1, 0.15) is 11.2 Å². The number of carbonyl (C=O) groups is 1. The molecule has 0 spiro atoms. The molecular formula is C14H21N3O2.